The van der Waals surface area contributed by atoms with Gasteiger partial charge in [-0.15, -0.1) is 0 Å². The second-order valence-corrected chi connectivity index (χ2v) is 9.64. The minimum Gasteiger partial charge on any atom is -0.497 e. The molecular weight excluding hydrogens is 494 g/mol. The van der Waals surface area contributed by atoms with Gasteiger partial charge in [-0.3, -0.25) is 9.08 Å². The lowest BCUT2D eigenvalue weighted by Gasteiger charge is -2.16. The number of esters is 1. The molecule has 8 nitrogen and oxygen atoms in total. The van der Waals surface area contributed by atoms with Gasteiger partial charge in [-0.1, -0.05) is 66.7 Å². The van der Waals surface area contributed by atoms with Crippen molar-refractivity contribution in [2.75, 3.05) is 13.7 Å². The first-order valence-electron chi connectivity index (χ1n) is 11.8. The lowest BCUT2D eigenvalue weighted by Crippen LogP contribution is -2.27. The number of methoxy groups -OCH3 is 1. The summed E-state index contributed by atoms with van der Waals surface area (Å²) in [7, 11) is -2.70. The number of Topliss-reactive ketones (excluding diaryl/α,β-unsaturated/α-hetero) is 1. The highest BCUT2D eigenvalue weighted by Crippen LogP contribution is 2.26. The molecule has 3 rings (SSSR count). The van der Waals surface area contributed by atoms with E-state index >= 15 is 0 Å². The predicted octanol–water partition coefficient (Wildman–Crippen LogP) is 4.94. The normalized spacial score (nSPS) is 12.5. The molecular formula is C28H29NO7S. The molecule has 0 radical (unpaired) electrons. The van der Waals surface area contributed by atoms with E-state index in [1.165, 1.54) is 29.8 Å². The molecule has 0 fully saturated rings. The van der Waals surface area contributed by atoms with Crippen LogP contribution in [-0.2, 0) is 30.4 Å². The molecule has 1 atom stereocenters. The molecule has 0 spiro atoms. The van der Waals surface area contributed by atoms with Crippen LogP contribution >= 0.6 is 0 Å². The van der Waals surface area contributed by atoms with Gasteiger partial charge in [0.05, 0.1) is 13.7 Å². The average Bonchev–Trinajstić information content (AvgIpc) is 2.92. The van der Waals surface area contributed by atoms with Crippen molar-refractivity contribution in [2.45, 2.75) is 37.5 Å². The molecule has 0 aliphatic carbocycles. The van der Waals surface area contributed by atoms with E-state index in [9.17, 15) is 18.0 Å². The highest BCUT2D eigenvalue weighted by Gasteiger charge is 2.26. The monoisotopic (exact) mass is 523 g/mol. The van der Waals surface area contributed by atoms with Crippen LogP contribution < -0.4 is 4.74 Å². The third-order valence-electron chi connectivity index (χ3n) is 5.72. The Balaban J connectivity index is 1.79. The van der Waals surface area contributed by atoms with E-state index in [0.29, 0.717) is 0 Å². The quantitative estimate of drug-likeness (QED) is 0.109. The Kier molecular flexibility index (Phi) is 9.57. The molecule has 1 unspecified atom stereocenters. The molecule has 0 N–H and O–H groups in total. The van der Waals surface area contributed by atoms with Gasteiger partial charge in [-0.05, 0) is 61.1 Å². The summed E-state index contributed by atoms with van der Waals surface area (Å²) in [6.45, 7) is 3.64. The smallest absolute Gasteiger partial charge is 0.364 e. The van der Waals surface area contributed by atoms with Crippen molar-refractivity contribution >= 4 is 27.6 Å². The zero-order chi connectivity index (χ0) is 26.8. The minimum absolute atomic E-state index is 0.0285. The standard InChI is InChI=1S/C28H29NO7S/c1-4-21(22-15-17-24(34-3)18-16-22)19-20-11-13-23(14-12-20)27(30)26(28(31)35-5-2)29-36-37(32,33)25-9-7-6-8-10-25/h6-18,21H,4-5,19H2,1-3H3. The van der Waals surface area contributed by atoms with E-state index in [2.05, 4.69) is 16.4 Å². The van der Waals surface area contributed by atoms with Crippen molar-refractivity contribution in [1.29, 1.82) is 0 Å². The summed E-state index contributed by atoms with van der Waals surface area (Å²) >= 11 is 0. The van der Waals surface area contributed by atoms with Gasteiger partial charge in [0.15, 0.2) is 0 Å². The third-order valence-corrected chi connectivity index (χ3v) is 6.84. The molecule has 194 valence electrons. The predicted molar refractivity (Wildman–Crippen MR) is 139 cm³/mol. The fourth-order valence-electron chi connectivity index (χ4n) is 3.67. The summed E-state index contributed by atoms with van der Waals surface area (Å²) in [6.07, 6.45) is 1.66. The maximum Gasteiger partial charge on any atom is 0.364 e. The lowest BCUT2D eigenvalue weighted by atomic mass is 9.89. The second-order valence-electron chi connectivity index (χ2n) is 8.11. The van der Waals surface area contributed by atoms with Crippen LogP contribution in [0.5, 0.6) is 5.75 Å². The Morgan fingerprint density at radius 3 is 2.11 bits per heavy atom. The van der Waals surface area contributed by atoms with Crippen molar-refractivity contribution in [3.63, 3.8) is 0 Å². The van der Waals surface area contributed by atoms with Gasteiger partial charge in [0.1, 0.15) is 10.6 Å². The molecule has 0 amide bonds. The largest absolute Gasteiger partial charge is 0.497 e. The van der Waals surface area contributed by atoms with Crippen molar-refractivity contribution < 1.29 is 31.8 Å². The molecule has 0 saturated heterocycles. The minimum atomic E-state index is -4.33. The Hall–Kier alpha value is -3.98. The fourth-order valence-corrected chi connectivity index (χ4v) is 4.42. The van der Waals surface area contributed by atoms with E-state index in [0.717, 1.165) is 24.2 Å². The zero-order valence-electron chi connectivity index (χ0n) is 20.9. The molecule has 0 bridgehead atoms. The van der Waals surface area contributed by atoms with Crippen LogP contribution in [0.4, 0.5) is 0 Å². The first kappa shape index (κ1) is 27.6. The molecule has 37 heavy (non-hydrogen) atoms. The number of carbonyl (C=O) groups excluding carboxylic acids is 2. The molecule has 0 aromatic heterocycles. The molecule has 9 heteroatoms. The topological polar surface area (TPSA) is 108 Å². The fraction of sp³-hybridized carbons (Fsp3) is 0.250. The van der Waals surface area contributed by atoms with E-state index in [1.54, 1.807) is 44.4 Å². The summed E-state index contributed by atoms with van der Waals surface area (Å²) in [5.41, 5.74) is 1.56. The first-order chi connectivity index (χ1) is 17.8. The van der Waals surface area contributed by atoms with Crippen molar-refractivity contribution in [2.24, 2.45) is 5.16 Å². The Labute approximate surface area is 217 Å². The second kappa shape index (κ2) is 12.8. The first-order valence-corrected chi connectivity index (χ1v) is 13.2. The number of ketones is 1. The van der Waals surface area contributed by atoms with Gasteiger partial charge >= 0.3 is 16.1 Å². The number of carbonyl (C=O) groups is 2. The molecule has 0 aliphatic heterocycles. The summed E-state index contributed by atoms with van der Waals surface area (Å²) in [4.78, 5) is 25.3. The molecule has 3 aromatic rings. The number of oxime groups is 1. The van der Waals surface area contributed by atoms with Gasteiger partial charge in [-0.2, -0.15) is 8.42 Å². The molecule has 0 aliphatic rings. The Morgan fingerprint density at radius 2 is 1.54 bits per heavy atom. The average molecular weight is 524 g/mol. The van der Waals surface area contributed by atoms with Crippen LogP contribution in [0.3, 0.4) is 0 Å². The lowest BCUT2D eigenvalue weighted by molar-refractivity contribution is -0.135. The van der Waals surface area contributed by atoms with Crippen LogP contribution in [0, 0.1) is 0 Å². The van der Waals surface area contributed by atoms with E-state index in [4.69, 9.17) is 9.47 Å². The summed E-state index contributed by atoms with van der Waals surface area (Å²) in [5.74, 6) is -0.831. The number of rotatable bonds is 12. The SMILES string of the molecule is CCOC(=O)C(=NOS(=O)(=O)c1ccccc1)C(=O)c1ccc(CC(CC)c2ccc(OC)cc2)cc1. The van der Waals surface area contributed by atoms with Gasteiger partial charge < -0.3 is 9.47 Å². The van der Waals surface area contributed by atoms with Crippen LogP contribution in [0.15, 0.2) is 88.9 Å². The zero-order valence-corrected chi connectivity index (χ0v) is 21.7. The van der Waals surface area contributed by atoms with Crippen LogP contribution in [0.2, 0.25) is 0 Å². The Morgan fingerprint density at radius 1 is 0.892 bits per heavy atom. The van der Waals surface area contributed by atoms with Gasteiger partial charge in [0.2, 0.25) is 11.5 Å². The number of nitrogens with zero attached hydrogens (tertiary/aromatic N) is 1. The Bertz CT molecular complexity index is 1330. The summed E-state index contributed by atoms with van der Waals surface area (Å²) in [6, 6.07) is 21.9. The van der Waals surface area contributed by atoms with Crippen LogP contribution in [0.25, 0.3) is 0 Å². The maximum atomic E-state index is 13.1. The van der Waals surface area contributed by atoms with Gasteiger partial charge in [0, 0.05) is 5.56 Å². The number of hydrogen-bond donors (Lipinski definition) is 0. The van der Waals surface area contributed by atoms with Crippen molar-refractivity contribution in [1.82, 2.24) is 0 Å². The highest BCUT2D eigenvalue weighted by atomic mass is 32.2. The summed E-state index contributed by atoms with van der Waals surface area (Å²) < 4.78 is 39.6. The third kappa shape index (κ3) is 7.27. The van der Waals surface area contributed by atoms with E-state index in [1.807, 2.05) is 24.3 Å². The van der Waals surface area contributed by atoms with Crippen molar-refractivity contribution in [3.05, 3.63) is 95.6 Å². The highest BCUT2D eigenvalue weighted by molar-refractivity contribution is 7.86. The molecule has 0 heterocycles. The van der Waals surface area contributed by atoms with Crippen molar-refractivity contribution in [3.8, 4) is 5.75 Å². The van der Waals surface area contributed by atoms with E-state index < -0.39 is 27.6 Å². The maximum absolute atomic E-state index is 13.1. The van der Waals surface area contributed by atoms with Crippen LogP contribution in [0.1, 0.15) is 47.7 Å². The number of hydrogen-bond acceptors (Lipinski definition) is 8. The number of benzene rings is 3. The van der Waals surface area contributed by atoms with E-state index in [-0.39, 0.29) is 23.0 Å². The van der Waals surface area contributed by atoms with Gasteiger partial charge in [0.25, 0.3) is 0 Å². The van der Waals surface area contributed by atoms with Crippen LogP contribution in [-0.4, -0.2) is 39.6 Å². The summed E-state index contributed by atoms with van der Waals surface area (Å²) in [5, 5.41) is 3.40. The molecule has 0 saturated carbocycles. The molecule has 3 aromatic carbocycles. The number of ether oxygens (including phenoxy) is 2. The van der Waals surface area contributed by atoms with Gasteiger partial charge in [-0.25, -0.2) is 4.79 Å².